The fourth-order valence-electron chi connectivity index (χ4n) is 3.89. The molecule has 0 saturated carbocycles. The number of nitrogens with zero attached hydrogens (tertiary/aromatic N) is 2. The fourth-order valence-corrected chi connectivity index (χ4v) is 3.89. The number of urea groups is 1. The standard InChI is InChI=1S/C21H21N3O5/c22-20(26)11-18-16-7-6-15(28-9-8-25)10-17(16)19-12-23(18)21(27)24(19)29-13-14-4-2-1-3-5-14/h1-8,10,18-19H,9,11-13H2,(H2,22,26)/t18-,19-/m0/s1. The average Bonchev–Trinajstić information content (AvgIpc) is 3.01. The molecule has 0 unspecified atom stereocenters. The van der Waals surface area contributed by atoms with Crippen molar-refractivity contribution in [2.75, 3.05) is 13.2 Å². The van der Waals surface area contributed by atoms with Crippen molar-refractivity contribution in [1.82, 2.24) is 9.96 Å². The molecule has 2 N–H and O–H groups in total. The number of hydrogen-bond donors (Lipinski definition) is 1. The quantitative estimate of drug-likeness (QED) is 0.690. The van der Waals surface area contributed by atoms with Crippen molar-refractivity contribution in [3.63, 3.8) is 0 Å². The lowest BCUT2D eigenvalue weighted by atomic mass is 9.89. The molecule has 2 aliphatic rings. The summed E-state index contributed by atoms with van der Waals surface area (Å²) >= 11 is 0. The summed E-state index contributed by atoms with van der Waals surface area (Å²) < 4.78 is 5.42. The number of carbonyl (C=O) groups excluding carboxylic acids is 3. The van der Waals surface area contributed by atoms with Crippen molar-refractivity contribution in [3.05, 3.63) is 65.2 Å². The molecule has 8 heteroatoms. The van der Waals surface area contributed by atoms with Crippen molar-refractivity contribution < 1.29 is 24.0 Å². The number of carbonyl (C=O) groups is 3. The van der Waals surface area contributed by atoms with Crippen LogP contribution >= 0.6 is 0 Å². The lowest BCUT2D eigenvalue weighted by Crippen LogP contribution is -2.36. The molecular formula is C21H21N3O5. The van der Waals surface area contributed by atoms with Crippen LogP contribution in [0.25, 0.3) is 0 Å². The lowest BCUT2D eigenvalue weighted by molar-refractivity contribution is -0.141. The van der Waals surface area contributed by atoms with Crippen molar-refractivity contribution >= 4 is 18.2 Å². The minimum absolute atomic E-state index is 0.0204. The minimum atomic E-state index is -0.489. The largest absolute Gasteiger partial charge is 0.486 e. The number of amides is 3. The molecule has 0 aromatic heterocycles. The zero-order valence-electron chi connectivity index (χ0n) is 15.7. The smallest absolute Gasteiger partial charge is 0.345 e. The Balaban J connectivity index is 1.65. The van der Waals surface area contributed by atoms with Crippen LogP contribution in [0.15, 0.2) is 48.5 Å². The van der Waals surface area contributed by atoms with E-state index in [9.17, 15) is 14.4 Å². The van der Waals surface area contributed by atoms with E-state index in [2.05, 4.69) is 0 Å². The van der Waals surface area contributed by atoms with Gasteiger partial charge in [0.2, 0.25) is 5.91 Å². The first-order valence-electron chi connectivity index (χ1n) is 9.33. The highest BCUT2D eigenvalue weighted by molar-refractivity contribution is 5.81. The van der Waals surface area contributed by atoms with Crippen LogP contribution in [0, 0.1) is 0 Å². The number of hydroxylamine groups is 2. The van der Waals surface area contributed by atoms with E-state index in [1.807, 2.05) is 36.4 Å². The number of nitrogens with two attached hydrogens (primary N) is 1. The van der Waals surface area contributed by atoms with Crippen LogP contribution in [0.5, 0.6) is 5.75 Å². The van der Waals surface area contributed by atoms with Crippen LogP contribution in [0.2, 0.25) is 0 Å². The number of primary amides is 1. The van der Waals surface area contributed by atoms with Gasteiger partial charge in [0, 0.05) is 0 Å². The molecule has 2 aromatic rings. The van der Waals surface area contributed by atoms with Gasteiger partial charge in [-0.15, -0.1) is 0 Å². The van der Waals surface area contributed by atoms with Gasteiger partial charge in [-0.2, -0.15) is 5.06 Å². The van der Waals surface area contributed by atoms with E-state index >= 15 is 0 Å². The fraction of sp³-hybridized carbons (Fsp3) is 0.286. The molecule has 1 saturated heterocycles. The van der Waals surface area contributed by atoms with E-state index in [4.69, 9.17) is 15.3 Å². The summed E-state index contributed by atoms with van der Waals surface area (Å²) in [6.07, 6.45) is 0.692. The minimum Gasteiger partial charge on any atom is -0.486 e. The van der Waals surface area contributed by atoms with Crippen molar-refractivity contribution in [1.29, 1.82) is 0 Å². The van der Waals surface area contributed by atoms with Crippen LogP contribution in [0.1, 0.15) is 35.2 Å². The predicted octanol–water partition coefficient (Wildman–Crippen LogP) is 2.10. The molecule has 4 rings (SSSR count). The lowest BCUT2D eigenvalue weighted by Gasteiger charge is -2.32. The molecular weight excluding hydrogens is 374 g/mol. The van der Waals surface area contributed by atoms with E-state index in [0.717, 1.165) is 16.7 Å². The SMILES string of the molecule is NC(=O)C[C@H]1c2ccc(OCC=O)cc2[C@@H]2CN1C(=O)N2OCc1ccccc1. The van der Waals surface area contributed by atoms with Crippen LogP contribution in [-0.2, 0) is 21.0 Å². The van der Waals surface area contributed by atoms with Crippen LogP contribution in [0.3, 0.4) is 0 Å². The first kappa shape index (κ1) is 18.9. The maximum Gasteiger partial charge on any atom is 0.345 e. The first-order valence-corrected chi connectivity index (χ1v) is 9.33. The maximum atomic E-state index is 13.0. The van der Waals surface area contributed by atoms with Gasteiger partial charge in [0.15, 0.2) is 6.29 Å². The number of benzene rings is 2. The van der Waals surface area contributed by atoms with Gasteiger partial charge in [0.25, 0.3) is 0 Å². The van der Waals surface area contributed by atoms with Crippen LogP contribution in [0.4, 0.5) is 4.79 Å². The number of fused-ring (bicyclic) bond motifs is 4. The summed E-state index contributed by atoms with van der Waals surface area (Å²) in [5.74, 6) is 0.0293. The van der Waals surface area contributed by atoms with Gasteiger partial charge in [0.05, 0.1) is 19.0 Å². The first-order chi connectivity index (χ1) is 14.1. The Kier molecular flexibility index (Phi) is 5.18. The van der Waals surface area contributed by atoms with Crippen molar-refractivity contribution in [3.8, 4) is 5.75 Å². The van der Waals surface area contributed by atoms with Gasteiger partial charge in [0.1, 0.15) is 25.0 Å². The second-order valence-electron chi connectivity index (χ2n) is 6.99. The summed E-state index contributed by atoms with van der Waals surface area (Å²) in [7, 11) is 0. The van der Waals surface area contributed by atoms with Crippen molar-refractivity contribution in [2.24, 2.45) is 5.73 Å². The normalized spacial score (nSPS) is 19.8. The van der Waals surface area contributed by atoms with Crippen LogP contribution in [-0.4, -0.2) is 41.3 Å². The van der Waals surface area contributed by atoms with E-state index in [-0.39, 0.29) is 31.7 Å². The van der Waals surface area contributed by atoms with Crippen LogP contribution < -0.4 is 10.5 Å². The highest BCUT2D eigenvalue weighted by Gasteiger charge is 2.49. The Morgan fingerprint density at radius 3 is 2.69 bits per heavy atom. The number of aldehydes is 1. The van der Waals surface area contributed by atoms with Gasteiger partial charge in [-0.05, 0) is 28.8 Å². The summed E-state index contributed by atoms with van der Waals surface area (Å²) in [6.45, 7) is 0.567. The molecule has 0 aliphatic carbocycles. The molecule has 0 spiro atoms. The molecule has 29 heavy (non-hydrogen) atoms. The zero-order valence-corrected chi connectivity index (χ0v) is 15.7. The number of hydrogen-bond acceptors (Lipinski definition) is 5. The predicted molar refractivity (Wildman–Crippen MR) is 102 cm³/mol. The van der Waals surface area contributed by atoms with Crippen molar-refractivity contribution in [2.45, 2.75) is 25.1 Å². The highest BCUT2D eigenvalue weighted by atomic mass is 16.7. The molecule has 8 nitrogen and oxygen atoms in total. The Morgan fingerprint density at radius 1 is 1.17 bits per heavy atom. The Bertz CT molecular complexity index is 933. The summed E-state index contributed by atoms with van der Waals surface area (Å²) in [5.41, 5.74) is 8.03. The van der Waals surface area contributed by atoms with E-state index in [1.54, 1.807) is 17.0 Å². The van der Waals surface area contributed by atoms with Gasteiger partial charge in [-0.3, -0.25) is 14.4 Å². The molecule has 3 amide bonds. The Labute approximate surface area is 167 Å². The summed E-state index contributed by atoms with van der Waals surface area (Å²) in [5, 5.41) is 1.36. The third-order valence-electron chi connectivity index (χ3n) is 5.17. The zero-order chi connectivity index (χ0) is 20.4. The second kappa shape index (κ2) is 7.92. The van der Waals surface area contributed by atoms with E-state index < -0.39 is 11.9 Å². The monoisotopic (exact) mass is 395 g/mol. The second-order valence-corrected chi connectivity index (χ2v) is 6.99. The number of ether oxygens (including phenoxy) is 1. The molecule has 2 heterocycles. The van der Waals surface area contributed by atoms with Gasteiger partial charge < -0.3 is 15.4 Å². The summed E-state index contributed by atoms with van der Waals surface area (Å²) in [4.78, 5) is 42.8. The third-order valence-corrected chi connectivity index (χ3v) is 5.17. The average molecular weight is 395 g/mol. The third kappa shape index (κ3) is 3.66. The molecule has 2 atom stereocenters. The molecule has 2 aliphatic heterocycles. The highest BCUT2D eigenvalue weighted by Crippen LogP contribution is 2.46. The molecule has 2 aromatic carbocycles. The van der Waals surface area contributed by atoms with E-state index in [0.29, 0.717) is 18.6 Å². The Hall–Kier alpha value is -3.39. The van der Waals surface area contributed by atoms with Gasteiger partial charge >= 0.3 is 6.03 Å². The van der Waals surface area contributed by atoms with Gasteiger partial charge in [-0.1, -0.05) is 36.4 Å². The molecule has 1 fully saturated rings. The molecule has 150 valence electrons. The molecule has 2 bridgehead atoms. The molecule has 0 radical (unpaired) electrons. The number of rotatable bonds is 8. The van der Waals surface area contributed by atoms with Gasteiger partial charge in [-0.25, -0.2) is 4.79 Å². The Morgan fingerprint density at radius 2 is 1.97 bits per heavy atom. The maximum absolute atomic E-state index is 13.0. The van der Waals surface area contributed by atoms with E-state index in [1.165, 1.54) is 5.06 Å². The summed E-state index contributed by atoms with van der Waals surface area (Å²) in [6, 6.07) is 13.8. The topological polar surface area (TPSA) is 102 Å².